The summed E-state index contributed by atoms with van der Waals surface area (Å²) in [4.78, 5) is 25.7. The second-order valence-electron chi connectivity index (χ2n) is 5.76. The molecule has 1 heterocycles. The summed E-state index contributed by atoms with van der Waals surface area (Å²) in [6.45, 7) is 1.66. The molecule has 3 rings (SSSR count). The molecule has 1 saturated heterocycles. The maximum absolute atomic E-state index is 12.4. The van der Waals surface area contributed by atoms with Crippen LogP contribution in [0, 0.1) is 23.7 Å². The fourth-order valence-corrected chi connectivity index (χ4v) is 4.15. The van der Waals surface area contributed by atoms with Gasteiger partial charge in [-0.2, -0.15) is 0 Å². The lowest BCUT2D eigenvalue weighted by Gasteiger charge is -2.30. The molecule has 4 nitrogen and oxygen atoms in total. The molecule has 0 aromatic heterocycles. The van der Waals surface area contributed by atoms with Gasteiger partial charge >= 0.3 is 5.97 Å². The smallest absolute Gasteiger partial charge is 0.307 e. The van der Waals surface area contributed by atoms with Gasteiger partial charge in [0.25, 0.3) is 0 Å². The van der Waals surface area contributed by atoms with E-state index in [-0.39, 0.29) is 17.7 Å². The van der Waals surface area contributed by atoms with Crippen molar-refractivity contribution in [3.63, 3.8) is 0 Å². The molecule has 4 atom stereocenters. The molecule has 0 unspecified atom stereocenters. The minimum atomic E-state index is -0.755. The number of likely N-dealkylation sites (tertiary alicyclic amines) is 1. The van der Waals surface area contributed by atoms with Crippen LogP contribution in [0.2, 0.25) is 0 Å². The van der Waals surface area contributed by atoms with E-state index in [1.807, 2.05) is 4.90 Å². The fraction of sp³-hybridized carbons (Fsp3) is 0.846. The number of hydrogen-bond donors (Lipinski definition) is 1. The van der Waals surface area contributed by atoms with E-state index in [0.717, 1.165) is 45.2 Å². The number of rotatable bonds is 2. The second-order valence-corrected chi connectivity index (χ2v) is 5.76. The van der Waals surface area contributed by atoms with Gasteiger partial charge in [0, 0.05) is 13.1 Å². The molecule has 2 bridgehead atoms. The Labute approximate surface area is 101 Å². The van der Waals surface area contributed by atoms with Crippen molar-refractivity contribution in [2.45, 2.75) is 32.1 Å². The van der Waals surface area contributed by atoms with Crippen molar-refractivity contribution in [1.82, 2.24) is 4.90 Å². The lowest BCUT2D eigenvalue weighted by molar-refractivity contribution is -0.152. The van der Waals surface area contributed by atoms with Gasteiger partial charge in [0.05, 0.1) is 11.8 Å². The molecular weight excluding hydrogens is 218 g/mol. The maximum atomic E-state index is 12.4. The number of aliphatic carboxylic acids is 1. The summed E-state index contributed by atoms with van der Waals surface area (Å²) in [6.07, 6.45) is 5.17. The van der Waals surface area contributed by atoms with Gasteiger partial charge in [-0.25, -0.2) is 0 Å². The number of nitrogens with zero attached hydrogens (tertiary/aromatic N) is 1. The molecule has 0 aromatic rings. The lowest BCUT2D eigenvalue weighted by Crippen LogP contribution is -2.42. The van der Waals surface area contributed by atoms with Crippen LogP contribution in [0.25, 0.3) is 0 Å². The molecule has 94 valence electrons. The molecule has 0 radical (unpaired) electrons. The van der Waals surface area contributed by atoms with Crippen LogP contribution in [0.5, 0.6) is 0 Å². The van der Waals surface area contributed by atoms with Crippen molar-refractivity contribution < 1.29 is 14.7 Å². The lowest BCUT2D eigenvalue weighted by atomic mass is 9.78. The van der Waals surface area contributed by atoms with Crippen LogP contribution < -0.4 is 0 Å². The van der Waals surface area contributed by atoms with Crippen LogP contribution in [0.4, 0.5) is 0 Å². The maximum Gasteiger partial charge on any atom is 0.307 e. The highest BCUT2D eigenvalue weighted by molar-refractivity contribution is 5.86. The Kier molecular flexibility index (Phi) is 2.60. The molecule has 1 N–H and O–H groups in total. The first-order valence-corrected chi connectivity index (χ1v) is 6.70. The van der Waals surface area contributed by atoms with Crippen LogP contribution in [-0.2, 0) is 9.59 Å². The first-order valence-electron chi connectivity index (χ1n) is 6.70. The van der Waals surface area contributed by atoms with Gasteiger partial charge in [-0.05, 0) is 43.9 Å². The number of fused-ring (bicyclic) bond motifs is 2. The zero-order chi connectivity index (χ0) is 12.0. The van der Waals surface area contributed by atoms with Crippen LogP contribution in [0.15, 0.2) is 0 Å². The first kappa shape index (κ1) is 11.1. The summed E-state index contributed by atoms with van der Waals surface area (Å²) in [5, 5.41) is 9.33. The van der Waals surface area contributed by atoms with Crippen LogP contribution >= 0.6 is 0 Å². The van der Waals surface area contributed by atoms with E-state index >= 15 is 0 Å². The molecule has 4 heteroatoms. The quantitative estimate of drug-likeness (QED) is 0.788. The highest BCUT2D eigenvalue weighted by Crippen LogP contribution is 2.53. The molecule has 3 aliphatic rings. The minimum Gasteiger partial charge on any atom is -0.481 e. The SMILES string of the molecule is O=C(O)[C@H]1[C@@H]2CC[C@@H](C2)[C@@H]1C(=O)N1CCCC1. The largest absolute Gasteiger partial charge is 0.481 e. The third-order valence-electron chi connectivity index (χ3n) is 4.90. The van der Waals surface area contributed by atoms with Gasteiger partial charge < -0.3 is 10.0 Å². The summed E-state index contributed by atoms with van der Waals surface area (Å²) >= 11 is 0. The predicted octanol–water partition coefficient (Wildman–Crippen LogP) is 1.36. The van der Waals surface area contributed by atoms with Crippen LogP contribution in [0.3, 0.4) is 0 Å². The Balaban J connectivity index is 1.80. The zero-order valence-corrected chi connectivity index (χ0v) is 9.97. The number of amides is 1. The van der Waals surface area contributed by atoms with Gasteiger partial charge in [0.2, 0.25) is 5.91 Å². The van der Waals surface area contributed by atoms with Gasteiger partial charge in [-0.3, -0.25) is 9.59 Å². The van der Waals surface area contributed by atoms with E-state index < -0.39 is 11.9 Å². The van der Waals surface area contributed by atoms with Crippen molar-refractivity contribution in [2.24, 2.45) is 23.7 Å². The summed E-state index contributed by atoms with van der Waals surface area (Å²) in [5.74, 6) is -0.647. The topological polar surface area (TPSA) is 57.6 Å². The summed E-state index contributed by atoms with van der Waals surface area (Å²) < 4.78 is 0. The van der Waals surface area contributed by atoms with E-state index in [2.05, 4.69) is 0 Å². The molecule has 2 saturated carbocycles. The monoisotopic (exact) mass is 237 g/mol. The number of carbonyl (C=O) groups excluding carboxylic acids is 1. The van der Waals surface area contributed by atoms with Crippen LogP contribution in [0.1, 0.15) is 32.1 Å². The summed E-state index contributed by atoms with van der Waals surface area (Å²) in [6, 6.07) is 0. The highest BCUT2D eigenvalue weighted by Gasteiger charge is 2.54. The second kappa shape index (κ2) is 4.00. The standard InChI is InChI=1S/C13H19NO3/c15-12(14-5-1-2-6-14)10-8-3-4-9(7-8)11(10)13(16)17/h8-11H,1-7H2,(H,16,17)/t8-,9+,10-,11-/m0/s1. The van der Waals surface area contributed by atoms with Crippen molar-refractivity contribution in [1.29, 1.82) is 0 Å². The Morgan fingerprint density at radius 2 is 1.59 bits per heavy atom. The van der Waals surface area contributed by atoms with Crippen LogP contribution in [-0.4, -0.2) is 35.0 Å². The number of carbonyl (C=O) groups is 2. The third-order valence-corrected chi connectivity index (χ3v) is 4.90. The van der Waals surface area contributed by atoms with Gasteiger partial charge in [0.1, 0.15) is 0 Å². The number of carboxylic acids is 1. The average Bonchev–Trinajstić information content (AvgIpc) is 3.02. The minimum absolute atomic E-state index is 0.127. The molecule has 1 aliphatic heterocycles. The first-order chi connectivity index (χ1) is 8.18. The number of hydrogen-bond acceptors (Lipinski definition) is 2. The third kappa shape index (κ3) is 1.65. The Morgan fingerprint density at radius 3 is 2.18 bits per heavy atom. The van der Waals surface area contributed by atoms with Crippen molar-refractivity contribution in [2.75, 3.05) is 13.1 Å². The Morgan fingerprint density at radius 1 is 1.00 bits per heavy atom. The summed E-state index contributed by atoms with van der Waals surface area (Å²) in [5.41, 5.74) is 0. The molecule has 0 spiro atoms. The predicted molar refractivity (Wildman–Crippen MR) is 61.3 cm³/mol. The van der Waals surface area contributed by atoms with E-state index in [0.29, 0.717) is 5.92 Å². The molecule has 17 heavy (non-hydrogen) atoms. The molecule has 0 aromatic carbocycles. The summed E-state index contributed by atoms with van der Waals surface area (Å²) in [7, 11) is 0. The van der Waals surface area contributed by atoms with Gasteiger partial charge in [-0.15, -0.1) is 0 Å². The van der Waals surface area contributed by atoms with E-state index in [1.165, 1.54) is 0 Å². The van der Waals surface area contributed by atoms with Gasteiger partial charge in [0.15, 0.2) is 0 Å². The van der Waals surface area contributed by atoms with E-state index in [4.69, 9.17) is 0 Å². The average molecular weight is 237 g/mol. The van der Waals surface area contributed by atoms with E-state index in [9.17, 15) is 14.7 Å². The van der Waals surface area contributed by atoms with Gasteiger partial charge in [-0.1, -0.05) is 0 Å². The molecule has 2 aliphatic carbocycles. The van der Waals surface area contributed by atoms with Crippen molar-refractivity contribution in [3.05, 3.63) is 0 Å². The normalized spacial score (nSPS) is 39.9. The molecular formula is C13H19NO3. The van der Waals surface area contributed by atoms with Crippen molar-refractivity contribution in [3.8, 4) is 0 Å². The Hall–Kier alpha value is -1.06. The highest BCUT2D eigenvalue weighted by atomic mass is 16.4. The Bertz CT molecular complexity index is 349. The molecule has 3 fully saturated rings. The fourth-order valence-electron chi connectivity index (χ4n) is 4.15. The van der Waals surface area contributed by atoms with E-state index in [1.54, 1.807) is 0 Å². The zero-order valence-electron chi connectivity index (χ0n) is 9.97. The number of carboxylic acid groups (broad SMARTS) is 1. The molecule has 1 amide bonds. The van der Waals surface area contributed by atoms with Crippen molar-refractivity contribution >= 4 is 11.9 Å².